The number of nitrogens with one attached hydrogen (secondary N) is 1. The highest BCUT2D eigenvalue weighted by molar-refractivity contribution is 9.10. The normalized spacial score (nSPS) is 17.3. The second-order valence-corrected chi connectivity index (χ2v) is 6.65. The van der Waals surface area contributed by atoms with Crippen LogP contribution in [0.15, 0.2) is 34.8 Å². The summed E-state index contributed by atoms with van der Waals surface area (Å²) >= 11 is 3.74. The Morgan fingerprint density at radius 1 is 1.13 bits per heavy atom. The zero-order valence-electron chi connectivity index (χ0n) is 13.8. The van der Waals surface area contributed by atoms with Gasteiger partial charge in [-0.25, -0.2) is 0 Å². The molecule has 0 spiro atoms. The monoisotopic (exact) mass is 375 g/mol. The Labute approximate surface area is 146 Å². The molecule has 4 heteroatoms. The zero-order valence-corrected chi connectivity index (χ0v) is 15.4. The number of halogens is 1. The fourth-order valence-corrected chi connectivity index (χ4v) is 4.18. The van der Waals surface area contributed by atoms with Crippen LogP contribution in [-0.4, -0.2) is 27.3 Å². The standard InChI is InChI=1S/C19H22BrNO2/c1-12-6-4-5-7-13(12)16-11-21-9-8-14-15(16)10-17(22-2)19(23-3)18(14)20/h4-7,10,16,21H,8-9,11H2,1-3H3. The summed E-state index contributed by atoms with van der Waals surface area (Å²) in [6.45, 7) is 4.07. The van der Waals surface area contributed by atoms with E-state index in [1.165, 1.54) is 22.3 Å². The average Bonchev–Trinajstić information content (AvgIpc) is 2.77. The van der Waals surface area contributed by atoms with Crippen LogP contribution in [0.3, 0.4) is 0 Å². The molecule has 1 N–H and O–H groups in total. The van der Waals surface area contributed by atoms with Crippen LogP contribution in [0.5, 0.6) is 11.5 Å². The van der Waals surface area contributed by atoms with Crippen LogP contribution in [0.2, 0.25) is 0 Å². The van der Waals surface area contributed by atoms with E-state index in [1.807, 2.05) is 0 Å². The Bertz CT molecular complexity index is 715. The van der Waals surface area contributed by atoms with E-state index in [1.54, 1.807) is 14.2 Å². The summed E-state index contributed by atoms with van der Waals surface area (Å²) in [6, 6.07) is 10.7. The maximum Gasteiger partial charge on any atom is 0.175 e. The summed E-state index contributed by atoms with van der Waals surface area (Å²) in [7, 11) is 3.37. The van der Waals surface area contributed by atoms with Crippen LogP contribution in [-0.2, 0) is 6.42 Å². The minimum atomic E-state index is 0.310. The van der Waals surface area contributed by atoms with Crippen LogP contribution >= 0.6 is 15.9 Å². The molecule has 3 nitrogen and oxygen atoms in total. The number of fused-ring (bicyclic) bond motifs is 1. The lowest BCUT2D eigenvalue weighted by molar-refractivity contribution is 0.352. The highest BCUT2D eigenvalue weighted by Crippen LogP contribution is 2.44. The fraction of sp³-hybridized carbons (Fsp3) is 0.368. The van der Waals surface area contributed by atoms with Crippen molar-refractivity contribution in [2.75, 3.05) is 27.3 Å². The summed E-state index contributed by atoms with van der Waals surface area (Å²) < 4.78 is 12.1. The van der Waals surface area contributed by atoms with Gasteiger partial charge in [0.1, 0.15) is 0 Å². The van der Waals surface area contributed by atoms with E-state index in [0.717, 1.165) is 35.5 Å². The quantitative estimate of drug-likeness (QED) is 0.877. The SMILES string of the molecule is COc1cc2c(c(Br)c1OC)CCNCC2c1ccccc1C. The molecule has 0 saturated heterocycles. The van der Waals surface area contributed by atoms with E-state index in [2.05, 4.69) is 58.5 Å². The molecule has 1 unspecified atom stereocenters. The van der Waals surface area contributed by atoms with Gasteiger partial charge in [0.25, 0.3) is 0 Å². The van der Waals surface area contributed by atoms with Gasteiger partial charge in [0.2, 0.25) is 0 Å². The van der Waals surface area contributed by atoms with Gasteiger partial charge in [0, 0.05) is 12.5 Å². The first-order valence-corrected chi connectivity index (χ1v) is 8.66. The molecule has 0 aromatic heterocycles. The number of hydrogen-bond donors (Lipinski definition) is 1. The lowest BCUT2D eigenvalue weighted by Gasteiger charge is -2.23. The van der Waals surface area contributed by atoms with Gasteiger partial charge >= 0.3 is 0 Å². The van der Waals surface area contributed by atoms with Gasteiger partial charge in [-0.15, -0.1) is 0 Å². The van der Waals surface area contributed by atoms with Crippen molar-refractivity contribution in [2.24, 2.45) is 0 Å². The highest BCUT2D eigenvalue weighted by Gasteiger charge is 2.26. The molecule has 0 radical (unpaired) electrons. The van der Waals surface area contributed by atoms with Crippen molar-refractivity contribution in [1.29, 1.82) is 0 Å². The number of ether oxygens (including phenoxy) is 2. The van der Waals surface area contributed by atoms with Gasteiger partial charge in [-0.1, -0.05) is 24.3 Å². The molecule has 1 aliphatic rings. The first kappa shape index (κ1) is 16.3. The molecule has 2 aromatic rings. The number of hydrogen-bond acceptors (Lipinski definition) is 3. The molecule has 2 aromatic carbocycles. The third-order valence-electron chi connectivity index (χ3n) is 4.59. The first-order chi connectivity index (χ1) is 11.2. The molecule has 0 fully saturated rings. The first-order valence-electron chi connectivity index (χ1n) is 7.86. The molecule has 0 saturated carbocycles. The second kappa shape index (κ2) is 6.93. The summed E-state index contributed by atoms with van der Waals surface area (Å²) in [5, 5.41) is 3.57. The minimum absolute atomic E-state index is 0.310. The topological polar surface area (TPSA) is 30.5 Å². The molecule has 122 valence electrons. The van der Waals surface area contributed by atoms with Crippen LogP contribution in [0.25, 0.3) is 0 Å². The highest BCUT2D eigenvalue weighted by atomic mass is 79.9. The van der Waals surface area contributed by atoms with Gasteiger partial charge in [-0.05, 0) is 64.1 Å². The Hall–Kier alpha value is -1.52. The molecule has 1 atom stereocenters. The van der Waals surface area contributed by atoms with Crippen molar-refractivity contribution in [3.63, 3.8) is 0 Å². The van der Waals surface area contributed by atoms with Crippen LogP contribution in [0, 0.1) is 6.92 Å². The van der Waals surface area contributed by atoms with E-state index in [9.17, 15) is 0 Å². The lowest BCUT2D eigenvalue weighted by Crippen LogP contribution is -2.21. The van der Waals surface area contributed by atoms with Gasteiger partial charge in [-0.2, -0.15) is 0 Å². The number of methoxy groups -OCH3 is 2. The van der Waals surface area contributed by atoms with Gasteiger partial charge in [-0.3, -0.25) is 0 Å². The average molecular weight is 376 g/mol. The fourth-order valence-electron chi connectivity index (χ4n) is 3.40. The summed E-state index contributed by atoms with van der Waals surface area (Å²) in [6.07, 6.45) is 0.971. The molecule has 23 heavy (non-hydrogen) atoms. The van der Waals surface area contributed by atoms with Crippen molar-refractivity contribution in [3.05, 3.63) is 57.1 Å². The molecule has 0 bridgehead atoms. The van der Waals surface area contributed by atoms with E-state index < -0.39 is 0 Å². The van der Waals surface area contributed by atoms with Crippen LogP contribution < -0.4 is 14.8 Å². The van der Waals surface area contributed by atoms with Crippen molar-refractivity contribution >= 4 is 15.9 Å². The second-order valence-electron chi connectivity index (χ2n) is 5.86. The third kappa shape index (κ3) is 2.98. The van der Waals surface area contributed by atoms with E-state index in [4.69, 9.17) is 9.47 Å². The number of benzene rings is 2. The molecule has 1 aliphatic heterocycles. The van der Waals surface area contributed by atoms with Crippen molar-refractivity contribution < 1.29 is 9.47 Å². The predicted octanol–water partition coefficient (Wildman–Crippen LogP) is 4.05. The molecular weight excluding hydrogens is 354 g/mol. The van der Waals surface area contributed by atoms with Crippen molar-refractivity contribution in [1.82, 2.24) is 5.32 Å². The van der Waals surface area contributed by atoms with Crippen molar-refractivity contribution in [3.8, 4) is 11.5 Å². The lowest BCUT2D eigenvalue weighted by atomic mass is 9.85. The zero-order chi connectivity index (χ0) is 16.4. The Morgan fingerprint density at radius 2 is 1.91 bits per heavy atom. The van der Waals surface area contributed by atoms with Gasteiger partial charge in [0.05, 0.1) is 18.7 Å². The molecule has 1 heterocycles. The van der Waals surface area contributed by atoms with Crippen LogP contribution in [0.4, 0.5) is 0 Å². The molecule has 3 rings (SSSR count). The summed E-state index contributed by atoms with van der Waals surface area (Å²) in [5.74, 6) is 1.86. The van der Waals surface area contributed by atoms with E-state index >= 15 is 0 Å². The molecule has 0 aliphatic carbocycles. The van der Waals surface area contributed by atoms with E-state index in [-0.39, 0.29) is 0 Å². The third-order valence-corrected chi connectivity index (χ3v) is 5.43. The largest absolute Gasteiger partial charge is 0.493 e. The number of aryl methyl sites for hydroxylation is 1. The maximum absolute atomic E-state index is 5.56. The van der Waals surface area contributed by atoms with Crippen LogP contribution in [0.1, 0.15) is 28.2 Å². The van der Waals surface area contributed by atoms with Gasteiger partial charge < -0.3 is 14.8 Å². The number of rotatable bonds is 3. The maximum atomic E-state index is 5.56. The molecular formula is C19H22BrNO2. The summed E-state index contributed by atoms with van der Waals surface area (Å²) in [5.41, 5.74) is 5.30. The smallest absolute Gasteiger partial charge is 0.175 e. The summed E-state index contributed by atoms with van der Waals surface area (Å²) in [4.78, 5) is 0. The molecule has 0 amide bonds. The Balaban J connectivity index is 2.21. The van der Waals surface area contributed by atoms with Gasteiger partial charge in [0.15, 0.2) is 11.5 Å². The van der Waals surface area contributed by atoms with Crippen molar-refractivity contribution in [2.45, 2.75) is 19.3 Å². The Morgan fingerprint density at radius 3 is 2.61 bits per heavy atom. The predicted molar refractivity (Wildman–Crippen MR) is 96.8 cm³/mol. The Kier molecular flexibility index (Phi) is 4.93. The van der Waals surface area contributed by atoms with E-state index in [0.29, 0.717) is 5.92 Å². The minimum Gasteiger partial charge on any atom is -0.493 e.